The molecular formula is C27H30ClN5O2. The number of carbonyl (C=O) groups is 2. The van der Waals surface area contributed by atoms with Crippen LogP contribution >= 0.6 is 11.6 Å². The van der Waals surface area contributed by atoms with Crippen LogP contribution in [-0.2, 0) is 34.9 Å². The number of benzene rings is 2. The van der Waals surface area contributed by atoms with E-state index in [2.05, 4.69) is 24.9 Å². The first-order valence-corrected chi connectivity index (χ1v) is 12.3. The molecule has 0 bridgehead atoms. The van der Waals surface area contributed by atoms with Gasteiger partial charge in [-0.25, -0.2) is 4.98 Å². The number of rotatable bonds is 5. The van der Waals surface area contributed by atoms with Gasteiger partial charge < -0.3 is 20.1 Å². The van der Waals surface area contributed by atoms with Crippen molar-refractivity contribution in [1.82, 2.24) is 9.55 Å². The number of carbonyl (C=O) groups excluding carboxylic acids is 2. The summed E-state index contributed by atoms with van der Waals surface area (Å²) in [4.78, 5) is 34.3. The van der Waals surface area contributed by atoms with Crippen LogP contribution in [0, 0.1) is 5.92 Å². The normalized spacial score (nSPS) is 18.9. The topological polar surface area (TPSA) is 84.5 Å². The molecule has 1 aromatic heterocycles. The predicted octanol–water partition coefficient (Wildman–Crippen LogP) is 4.12. The Kier molecular flexibility index (Phi) is 5.83. The van der Waals surface area contributed by atoms with Crippen molar-refractivity contribution in [2.45, 2.75) is 38.5 Å². The number of nitrogens with two attached hydrogens (primary N) is 1. The van der Waals surface area contributed by atoms with Gasteiger partial charge in [0.2, 0.25) is 11.8 Å². The van der Waals surface area contributed by atoms with Gasteiger partial charge in [0.25, 0.3) is 0 Å². The molecule has 1 fully saturated rings. The molecule has 35 heavy (non-hydrogen) atoms. The molecule has 2 aliphatic rings. The summed E-state index contributed by atoms with van der Waals surface area (Å²) in [5.41, 5.74) is 11.0. The third-order valence-corrected chi connectivity index (χ3v) is 7.42. The zero-order valence-corrected chi connectivity index (χ0v) is 21.0. The van der Waals surface area contributed by atoms with Gasteiger partial charge in [0.15, 0.2) is 0 Å². The molecule has 2 N–H and O–H groups in total. The highest BCUT2D eigenvalue weighted by atomic mass is 35.5. The molecule has 0 radical (unpaired) electrons. The summed E-state index contributed by atoms with van der Waals surface area (Å²) in [6.45, 7) is 5.20. The van der Waals surface area contributed by atoms with Crippen molar-refractivity contribution in [3.63, 3.8) is 0 Å². The molecule has 0 spiro atoms. The second kappa shape index (κ2) is 8.72. The Morgan fingerprint density at radius 2 is 2.03 bits per heavy atom. The van der Waals surface area contributed by atoms with E-state index in [1.165, 1.54) is 0 Å². The van der Waals surface area contributed by atoms with Crippen molar-refractivity contribution in [1.29, 1.82) is 0 Å². The minimum Gasteiger partial charge on any atom is -0.399 e. The summed E-state index contributed by atoms with van der Waals surface area (Å²) >= 11 is 6.71. The molecule has 1 atom stereocenters. The van der Waals surface area contributed by atoms with E-state index in [-0.39, 0.29) is 23.7 Å². The number of nitrogen functional groups attached to an aromatic ring is 1. The maximum absolute atomic E-state index is 13.7. The van der Waals surface area contributed by atoms with Gasteiger partial charge in [-0.05, 0) is 48.2 Å². The third-order valence-electron chi connectivity index (χ3n) is 7.07. The maximum atomic E-state index is 13.7. The molecule has 2 aromatic carbocycles. The fourth-order valence-electron chi connectivity index (χ4n) is 5.22. The Balaban J connectivity index is 1.37. The van der Waals surface area contributed by atoms with Crippen molar-refractivity contribution >= 4 is 40.5 Å². The first kappa shape index (κ1) is 23.4. The zero-order chi connectivity index (χ0) is 24.9. The Bertz CT molecular complexity index is 1310. The van der Waals surface area contributed by atoms with Crippen LogP contribution in [0.2, 0.25) is 5.02 Å². The van der Waals surface area contributed by atoms with E-state index in [1.807, 2.05) is 40.9 Å². The second-order valence-corrected chi connectivity index (χ2v) is 10.7. The van der Waals surface area contributed by atoms with Crippen molar-refractivity contribution in [2.75, 3.05) is 28.6 Å². The van der Waals surface area contributed by atoms with Crippen molar-refractivity contribution in [3.05, 3.63) is 70.8 Å². The third kappa shape index (κ3) is 4.41. The Hall–Kier alpha value is -3.32. The quantitative estimate of drug-likeness (QED) is 0.544. The van der Waals surface area contributed by atoms with Crippen LogP contribution in [-0.4, -0.2) is 34.5 Å². The van der Waals surface area contributed by atoms with Gasteiger partial charge in [0.05, 0.1) is 17.9 Å². The molecule has 7 nitrogen and oxygen atoms in total. The summed E-state index contributed by atoms with van der Waals surface area (Å²) in [5.74, 6) is -0.502. The van der Waals surface area contributed by atoms with E-state index in [0.29, 0.717) is 23.8 Å². The standard InChI is InChI=1S/C27H30ClN5O2/c1-27(2)15-33(26(35)18-10-25(34)32(13-18)21-6-4-5-19(29)11-21)24-12-23(28)17(9-22(24)27)7-8-20-14-31(3)16-30-20/h4-6,9,11-12,14,16,18H,7-8,10,13,15,29H2,1-3H3/t18-/m0/s1. The number of halogens is 1. The zero-order valence-electron chi connectivity index (χ0n) is 20.3. The predicted molar refractivity (Wildman–Crippen MR) is 139 cm³/mol. The molecular weight excluding hydrogens is 462 g/mol. The van der Waals surface area contributed by atoms with E-state index in [0.717, 1.165) is 41.0 Å². The first-order chi connectivity index (χ1) is 16.6. The lowest BCUT2D eigenvalue weighted by molar-refractivity contribution is -0.124. The summed E-state index contributed by atoms with van der Waals surface area (Å²) in [6, 6.07) is 11.3. The molecule has 0 aliphatic carbocycles. The molecule has 1 saturated heterocycles. The number of hydrogen-bond donors (Lipinski definition) is 1. The van der Waals surface area contributed by atoms with E-state index in [1.54, 1.807) is 23.4 Å². The number of aromatic nitrogens is 2. The molecule has 0 unspecified atom stereocenters. The Morgan fingerprint density at radius 1 is 1.23 bits per heavy atom. The maximum Gasteiger partial charge on any atom is 0.232 e. The average Bonchev–Trinajstić information content (AvgIpc) is 3.47. The number of hydrogen-bond acceptors (Lipinski definition) is 4. The van der Waals surface area contributed by atoms with Gasteiger partial charge in [0.1, 0.15) is 0 Å². The number of imidazole rings is 1. The molecule has 182 valence electrons. The van der Waals surface area contributed by atoms with Gasteiger partial charge in [-0.2, -0.15) is 0 Å². The number of fused-ring (bicyclic) bond motifs is 1. The fourth-order valence-corrected chi connectivity index (χ4v) is 5.47. The van der Waals surface area contributed by atoms with Crippen LogP contribution in [0.25, 0.3) is 0 Å². The fraction of sp³-hybridized carbons (Fsp3) is 0.370. The lowest BCUT2D eigenvalue weighted by Gasteiger charge is -2.24. The highest BCUT2D eigenvalue weighted by Gasteiger charge is 2.44. The van der Waals surface area contributed by atoms with E-state index in [4.69, 9.17) is 17.3 Å². The molecule has 8 heteroatoms. The lowest BCUT2D eigenvalue weighted by Crippen LogP contribution is -2.39. The lowest BCUT2D eigenvalue weighted by atomic mass is 9.85. The van der Waals surface area contributed by atoms with Gasteiger partial charge >= 0.3 is 0 Å². The summed E-state index contributed by atoms with van der Waals surface area (Å²) in [5, 5.41) is 0.652. The van der Waals surface area contributed by atoms with Crippen LogP contribution in [0.1, 0.15) is 37.1 Å². The molecule has 2 aliphatic heterocycles. The summed E-state index contributed by atoms with van der Waals surface area (Å²) < 4.78 is 1.94. The first-order valence-electron chi connectivity index (χ1n) is 11.9. The number of aryl methyl sites for hydroxylation is 3. The van der Waals surface area contributed by atoms with Crippen LogP contribution in [0.3, 0.4) is 0 Å². The largest absolute Gasteiger partial charge is 0.399 e. The van der Waals surface area contributed by atoms with Crippen LogP contribution < -0.4 is 15.5 Å². The van der Waals surface area contributed by atoms with Gasteiger partial charge in [-0.1, -0.05) is 37.6 Å². The van der Waals surface area contributed by atoms with E-state index < -0.39 is 5.92 Å². The molecule has 3 heterocycles. The van der Waals surface area contributed by atoms with Crippen LogP contribution in [0.5, 0.6) is 0 Å². The van der Waals surface area contributed by atoms with Crippen LogP contribution in [0.15, 0.2) is 48.9 Å². The second-order valence-electron chi connectivity index (χ2n) is 10.3. The van der Waals surface area contributed by atoms with Gasteiger partial charge in [-0.15, -0.1) is 0 Å². The molecule has 3 aromatic rings. The van der Waals surface area contributed by atoms with Crippen molar-refractivity contribution < 1.29 is 9.59 Å². The van der Waals surface area contributed by atoms with Crippen LogP contribution in [0.4, 0.5) is 17.1 Å². The van der Waals surface area contributed by atoms with Gasteiger partial charge in [-0.3, -0.25) is 9.59 Å². The molecule has 2 amide bonds. The Labute approximate surface area is 210 Å². The summed E-state index contributed by atoms with van der Waals surface area (Å²) in [7, 11) is 1.96. The minimum absolute atomic E-state index is 0.0334. The average molecular weight is 492 g/mol. The molecule has 0 saturated carbocycles. The number of anilines is 3. The highest BCUT2D eigenvalue weighted by Crippen LogP contribution is 2.44. The van der Waals surface area contributed by atoms with E-state index >= 15 is 0 Å². The highest BCUT2D eigenvalue weighted by molar-refractivity contribution is 6.31. The Morgan fingerprint density at radius 3 is 2.74 bits per heavy atom. The minimum atomic E-state index is -0.409. The smallest absolute Gasteiger partial charge is 0.232 e. The van der Waals surface area contributed by atoms with Crippen molar-refractivity contribution in [2.24, 2.45) is 13.0 Å². The van der Waals surface area contributed by atoms with Gasteiger partial charge in [0, 0.05) is 60.3 Å². The summed E-state index contributed by atoms with van der Waals surface area (Å²) in [6.07, 6.45) is 5.58. The van der Waals surface area contributed by atoms with E-state index in [9.17, 15) is 9.59 Å². The van der Waals surface area contributed by atoms with Crippen molar-refractivity contribution in [3.8, 4) is 0 Å². The SMILES string of the molecule is Cn1cnc(CCc2cc3c(cc2Cl)N(C(=O)[C@H]2CC(=O)N(c4cccc(N)c4)C2)CC3(C)C)c1. The molecule has 5 rings (SSSR count). The number of nitrogens with zero attached hydrogens (tertiary/aromatic N) is 4. The number of amides is 2. The monoisotopic (exact) mass is 491 g/mol.